The van der Waals surface area contributed by atoms with Crippen molar-refractivity contribution in [3.8, 4) is 16.9 Å². The molecule has 0 unspecified atom stereocenters. The van der Waals surface area contributed by atoms with Gasteiger partial charge in [0.05, 0.1) is 6.26 Å². The lowest BCUT2D eigenvalue weighted by molar-refractivity contribution is 0.112. The van der Waals surface area contributed by atoms with Crippen molar-refractivity contribution in [1.82, 2.24) is 0 Å². The molecule has 0 bridgehead atoms. The fourth-order valence-corrected chi connectivity index (χ4v) is 2.42. The molecule has 0 aliphatic carbocycles. The Hall–Kier alpha value is -2.35. The van der Waals surface area contributed by atoms with Gasteiger partial charge in [0.15, 0.2) is 0 Å². The molecule has 1 aliphatic heterocycles. The van der Waals surface area contributed by atoms with E-state index in [9.17, 15) is 4.79 Å². The van der Waals surface area contributed by atoms with Gasteiger partial charge in [0, 0.05) is 5.56 Å². The Bertz CT molecular complexity index is 639. The molecule has 20 heavy (non-hydrogen) atoms. The number of carbonyl (C=O) groups is 1. The lowest BCUT2D eigenvalue weighted by Crippen LogP contribution is -1.95. The van der Waals surface area contributed by atoms with Gasteiger partial charge in [-0.2, -0.15) is 0 Å². The minimum atomic E-state index is 0.702. The number of carbonyl (C=O) groups excluding carboxylic acids is 1. The van der Waals surface area contributed by atoms with Gasteiger partial charge in [0.1, 0.15) is 12.0 Å². The molecule has 1 aliphatic rings. The number of allylic oxidation sites excluding steroid dienone is 1. The molecule has 2 aromatic carbocycles. The van der Waals surface area contributed by atoms with E-state index in [0.29, 0.717) is 5.56 Å². The molecule has 0 N–H and O–H groups in total. The maximum absolute atomic E-state index is 10.7. The van der Waals surface area contributed by atoms with Crippen molar-refractivity contribution in [3.05, 3.63) is 65.9 Å². The third-order valence-corrected chi connectivity index (χ3v) is 3.55. The number of aldehydes is 1. The van der Waals surface area contributed by atoms with Gasteiger partial charge in [-0.3, -0.25) is 4.79 Å². The van der Waals surface area contributed by atoms with E-state index in [1.807, 2.05) is 30.3 Å². The number of fused-ring (bicyclic) bond motifs is 1. The highest BCUT2D eigenvalue weighted by molar-refractivity contribution is 5.77. The molecule has 1 heterocycles. The number of ether oxygens (including phenoxy) is 1. The van der Waals surface area contributed by atoms with Crippen LogP contribution in [0.3, 0.4) is 0 Å². The zero-order chi connectivity index (χ0) is 13.8. The number of hydrogen-bond acceptors (Lipinski definition) is 2. The van der Waals surface area contributed by atoms with E-state index >= 15 is 0 Å². The molecule has 0 atom stereocenters. The summed E-state index contributed by atoms with van der Waals surface area (Å²) in [7, 11) is 0. The molecule has 0 aromatic heterocycles. The number of benzene rings is 2. The Balaban J connectivity index is 1.95. The van der Waals surface area contributed by atoms with Gasteiger partial charge in [-0.25, -0.2) is 0 Å². The molecule has 0 spiro atoms. The summed E-state index contributed by atoms with van der Waals surface area (Å²) in [5.74, 6) is 0.939. The van der Waals surface area contributed by atoms with Crippen LogP contribution in [-0.4, -0.2) is 6.29 Å². The molecule has 0 saturated carbocycles. The highest BCUT2D eigenvalue weighted by atomic mass is 16.5. The van der Waals surface area contributed by atoms with Crippen molar-refractivity contribution in [3.63, 3.8) is 0 Å². The van der Waals surface area contributed by atoms with Crippen LogP contribution < -0.4 is 4.74 Å². The SMILES string of the molecule is O=Cc1ccc(-c2ccc3c(c2)CCC/C=C/O3)cc1. The Labute approximate surface area is 118 Å². The van der Waals surface area contributed by atoms with Crippen LogP contribution in [0.1, 0.15) is 28.8 Å². The van der Waals surface area contributed by atoms with Crippen molar-refractivity contribution < 1.29 is 9.53 Å². The molecule has 2 aromatic rings. The summed E-state index contributed by atoms with van der Waals surface area (Å²) in [6.45, 7) is 0. The molecule has 0 amide bonds. The molecule has 2 heteroatoms. The predicted molar refractivity (Wildman–Crippen MR) is 80.0 cm³/mol. The predicted octanol–water partition coefficient (Wildman–Crippen LogP) is 4.39. The Morgan fingerprint density at radius 3 is 2.60 bits per heavy atom. The van der Waals surface area contributed by atoms with Gasteiger partial charge >= 0.3 is 0 Å². The average Bonchev–Trinajstić information content (AvgIpc) is 2.48. The third-order valence-electron chi connectivity index (χ3n) is 3.55. The van der Waals surface area contributed by atoms with Crippen LogP contribution in [-0.2, 0) is 6.42 Å². The highest BCUT2D eigenvalue weighted by Crippen LogP contribution is 2.29. The fourth-order valence-electron chi connectivity index (χ4n) is 2.42. The van der Waals surface area contributed by atoms with E-state index in [1.54, 1.807) is 6.26 Å². The smallest absolute Gasteiger partial charge is 0.150 e. The average molecular weight is 264 g/mol. The minimum Gasteiger partial charge on any atom is -0.465 e. The van der Waals surface area contributed by atoms with Gasteiger partial charge < -0.3 is 4.74 Å². The summed E-state index contributed by atoms with van der Waals surface area (Å²) in [5.41, 5.74) is 4.23. The van der Waals surface area contributed by atoms with Gasteiger partial charge in [0.25, 0.3) is 0 Å². The van der Waals surface area contributed by atoms with Gasteiger partial charge in [-0.05, 0) is 54.2 Å². The first kappa shape index (κ1) is 12.7. The first-order chi connectivity index (χ1) is 9.86. The standard InChI is InChI=1S/C18H16O2/c19-13-14-5-7-15(8-6-14)16-9-10-18-17(12-16)4-2-1-3-11-20-18/h3,5-13H,1-2,4H2/b11-3+. The summed E-state index contributed by atoms with van der Waals surface area (Å²) in [6.07, 6.45) is 7.92. The summed E-state index contributed by atoms with van der Waals surface area (Å²) in [4.78, 5) is 10.7. The van der Waals surface area contributed by atoms with E-state index in [4.69, 9.17) is 4.74 Å². The Morgan fingerprint density at radius 2 is 1.80 bits per heavy atom. The van der Waals surface area contributed by atoms with E-state index in [2.05, 4.69) is 18.2 Å². The Morgan fingerprint density at radius 1 is 1.00 bits per heavy atom. The van der Waals surface area contributed by atoms with Crippen LogP contribution >= 0.6 is 0 Å². The number of hydrogen-bond donors (Lipinski definition) is 0. The zero-order valence-electron chi connectivity index (χ0n) is 11.2. The molecule has 0 saturated heterocycles. The molecule has 3 rings (SSSR count). The second-order valence-corrected chi connectivity index (χ2v) is 4.94. The van der Waals surface area contributed by atoms with Crippen LogP contribution in [0, 0.1) is 0 Å². The molecular weight excluding hydrogens is 248 g/mol. The Kier molecular flexibility index (Phi) is 3.64. The van der Waals surface area contributed by atoms with Crippen molar-refractivity contribution in [2.24, 2.45) is 0 Å². The van der Waals surface area contributed by atoms with Crippen LogP contribution in [0.2, 0.25) is 0 Å². The molecule has 0 radical (unpaired) electrons. The van der Waals surface area contributed by atoms with Crippen molar-refractivity contribution in [1.29, 1.82) is 0 Å². The van der Waals surface area contributed by atoms with E-state index in [0.717, 1.165) is 42.4 Å². The van der Waals surface area contributed by atoms with Crippen molar-refractivity contribution in [2.45, 2.75) is 19.3 Å². The first-order valence-electron chi connectivity index (χ1n) is 6.87. The van der Waals surface area contributed by atoms with Crippen LogP contribution in [0.25, 0.3) is 11.1 Å². The monoisotopic (exact) mass is 264 g/mol. The molecular formula is C18H16O2. The number of aryl methyl sites for hydroxylation is 1. The third kappa shape index (κ3) is 2.64. The van der Waals surface area contributed by atoms with E-state index in [-0.39, 0.29) is 0 Å². The fraction of sp³-hybridized carbons (Fsp3) is 0.167. The van der Waals surface area contributed by atoms with Gasteiger partial charge in [-0.15, -0.1) is 0 Å². The van der Waals surface area contributed by atoms with Gasteiger partial charge in [-0.1, -0.05) is 30.3 Å². The van der Waals surface area contributed by atoms with Crippen molar-refractivity contribution in [2.75, 3.05) is 0 Å². The lowest BCUT2D eigenvalue weighted by Gasteiger charge is -2.13. The lowest BCUT2D eigenvalue weighted by atomic mass is 9.98. The molecule has 100 valence electrons. The normalized spacial score (nSPS) is 15.4. The largest absolute Gasteiger partial charge is 0.465 e. The summed E-state index contributed by atoms with van der Waals surface area (Å²) in [5, 5.41) is 0. The quantitative estimate of drug-likeness (QED) is 0.752. The molecule has 0 fully saturated rings. The topological polar surface area (TPSA) is 26.3 Å². The van der Waals surface area contributed by atoms with Gasteiger partial charge in [0.2, 0.25) is 0 Å². The maximum atomic E-state index is 10.7. The zero-order valence-corrected chi connectivity index (χ0v) is 11.2. The van der Waals surface area contributed by atoms with E-state index in [1.165, 1.54) is 5.56 Å². The first-order valence-corrected chi connectivity index (χ1v) is 6.87. The molecule has 2 nitrogen and oxygen atoms in total. The van der Waals surface area contributed by atoms with Crippen LogP contribution in [0.5, 0.6) is 5.75 Å². The number of rotatable bonds is 2. The summed E-state index contributed by atoms with van der Waals surface area (Å²) >= 11 is 0. The van der Waals surface area contributed by atoms with Crippen LogP contribution in [0.4, 0.5) is 0 Å². The summed E-state index contributed by atoms with van der Waals surface area (Å²) in [6, 6.07) is 13.9. The second kappa shape index (κ2) is 5.74. The van der Waals surface area contributed by atoms with Crippen molar-refractivity contribution >= 4 is 6.29 Å². The summed E-state index contributed by atoms with van der Waals surface area (Å²) < 4.78 is 5.63. The second-order valence-electron chi connectivity index (χ2n) is 4.94. The minimum absolute atomic E-state index is 0.702. The van der Waals surface area contributed by atoms with E-state index < -0.39 is 0 Å². The maximum Gasteiger partial charge on any atom is 0.150 e. The van der Waals surface area contributed by atoms with Crippen LogP contribution in [0.15, 0.2) is 54.8 Å². The highest BCUT2D eigenvalue weighted by Gasteiger charge is 2.08.